The third-order valence-electron chi connectivity index (χ3n) is 3.18. The summed E-state index contributed by atoms with van der Waals surface area (Å²) >= 11 is 0. The van der Waals surface area contributed by atoms with Gasteiger partial charge in [0.25, 0.3) is 0 Å². The van der Waals surface area contributed by atoms with Crippen molar-refractivity contribution in [1.29, 1.82) is 0 Å². The van der Waals surface area contributed by atoms with Crippen LogP contribution in [0.25, 0.3) is 0 Å². The second-order valence-corrected chi connectivity index (χ2v) is 5.07. The smallest absolute Gasteiger partial charge is 0.0700 e. The minimum Gasteiger partial charge on any atom is -0.377 e. The molecule has 90 valence electrons. The molecule has 0 aromatic carbocycles. The lowest BCUT2D eigenvalue weighted by Crippen LogP contribution is -2.43. The van der Waals surface area contributed by atoms with Crippen LogP contribution >= 0.6 is 0 Å². The molecule has 1 rings (SSSR count). The van der Waals surface area contributed by atoms with Crippen LogP contribution in [0.1, 0.15) is 26.7 Å². The molecule has 1 aliphatic heterocycles. The fraction of sp³-hybridized carbons (Fsp3) is 1.00. The number of rotatable bonds is 6. The summed E-state index contributed by atoms with van der Waals surface area (Å²) in [6.07, 6.45) is 2.91. The van der Waals surface area contributed by atoms with Gasteiger partial charge in [-0.1, -0.05) is 13.8 Å². The van der Waals surface area contributed by atoms with Crippen LogP contribution in [-0.4, -0.2) is 50.8 Å². The van der Waals surface area contributed by atoms with Crippen LogP contribution in [0, 0.1) is 5.92 Å². The highest BCUT2D eigenvalue weighted by Gasteiger charge is 2.18. The lowest BCUT2D eigenvalue weighted by molar-refractivity contribution is 0.107. The topological polar surface area (TPSA) is 24.5 Å². The average molecular weight is 214 g/mol. The summed E-state index contributed by atoms with van der Waals surface area (Å²) in [4.78, 5) is 2.30. The number of nitrogens with one attached hydrogen (secondary N) is 1. The Kier molecular flexibility index (Phi) is 5.58. The summed E-state index contributed by atoms with van der Waals surface area (Å²) in [7, 11) is 4.30. The highest BCUT2D eigenvalue weighted by atomic mass is 16.5. The van der Waals surface area contributed by atoms with Gasteiger partial charge < -0.3 is 15.0 Å². The molecule has 0 spiro atoms. The predicted molar refractivity (Wildman–Crippen MR) is 64.2 cm³/mol. The van der Waals surface area contributed by atoms with Crippen molar-refractivity contribution in [2.75, 3.05) is 33.8 Å². The Morgan fingerprint density at radius 3 is 2.60 bits per heavy atom. The van der Waals surface area contributed by atoms with Gasteiger partial charge >= 0.3 is 0 Å². The van der Waals surface area contributed by atoms with E-state index in [-0.39, 0.29) is 0 Å². The molecule has 0 aromatic rings. The van der Waals surface area contributed by atoms with E-state index in [2.05, 4.69) is 38.2 Å². The number of nitrogens with zero attached hydrogens (tertiary/aromatic N) is 1. The van der Waals surface area contributed by atoms with Crippen LogP contribution in [0.2, 0.25) is 0 Å². The molecule has 2 atom stereocenters. The van der Waals surface area contributed by atoms with E-state index in [0.717, 1.165) is 19.7 Å². The standard InChI is InChI=1S/C12H26N2O/c1-10(2)12(14(3)4)9-13-8-11-6-5-7-15-11/h10-13H,5-9H2,1-4H3. The van der Waals surface area contributed by atoms with Crippen molar-refractivity contribution in [3.8, 4) is 0 Å². The van der Waals surface area contributed by atoms with Gasteiger partial charge in [0.15, 0.2) is 0 Å². The number of hydrogen-bond donors (Lipinski definition) is 1. The number of ether oxygens (including phenoxy) is 1. The Balaban J connectivity index is 2.15. The molecule has 1 N–H and O–H groups in total. The number of likely N-dealkylation sites (N-methyl/N-ethyl adjacent to an activating group) is 1. The Bertz CT molecular complexity index is 157. The Morgan fingerprint density at radius 1 is 1.40 bits per heavy atom. The Labute approximate surface area is 94.2 Å². The fourth-order valence-corrected chi connectivity index (χ4v) is 2.21. The lowest BCUT2D eigenvalue weighted by Gasteiger charge is -2.28. The van der Waals surface area contributed by atoms with Crippen molar-refractivity contribution in [1.82, 2.24) is 10.2 Å². The van der Waals surface area contributed by atoms with Gasteiger partial charge in [-0.25, -0.2) is 0 Å². The highest BCUT2D eigenvalue weighted by Crippen LogP contribution is 2.11. The molecule has 0 aromatic heterocycles. The third-order valence-corrected chi connectivity index (χ3v) is 3.18. The van der Waals surface area contributed by atoms with Gasteiger partial charge in [-0.05, 0) is 32.9 Å². The molecule has 0 aliphatic carbocycles. The van der Waals surface area contributed by atoms with Gasteiger partial charge in [-0.15, -0.1) is 0 Å². The lowest BCUT2D eigenvalue weighted by atomic mass is 10.0. The first-order valence-electron chi connectivity index (χ1n) is 6.10. The molecule has 0 bridgehead atoms. The Morgan fingerprint density at radius 2 is 2.13 bits per heavy atom. The van der Waals surface area contributed by atoms with Crippen LogP contribution < -0.4 is 5.32 Å². The van der Waals surface area contributed by atoms with Crippen LogP contribution in [-0.2, 0) is 4.74 Å². The quantitative estimate of drug-likeness (QED) is 0.722. The normalized spacial score (nSPS) is 24.0. The first-order chi connectivity index (χ1) is 7.11. The number of hydrogen-bond acceptors (Lipinski definition) is 3. The molecule has 3 nitrogen and oxygen atoms in total. The largest absolute Gasteiger partial charge is 0.377 e. The molecule has 15 heavy (non-hydrogen) atoms. The molecular formula is C12H26N2O. The van der Waals surface area contributed by atoms with Crippen molar-refractivity contribution in [2.24, 2.45) is 5.92 Å². The molecule has 1 saturated heterocycles. The summed E-state index contributed by atoms with van der Waals surface area (Å²) in [5.74, 6) is 0.692. The highest BCUT2D eigenvalue weighted by molar-refractivity contribution is 4.75. The molecule has 0 saturated carbocycles. The minimum atomic E-state index is 0.458. The predicted octanol–water partition coefficient (Wildman–Crippen LogP) is 1.34. The SMILES string of the molecule is CC(C)C(CNCC1CCCO1)N(C)C. The van der Waals surface area contributed by atoms with E-state index in [0.29, 0.717) is 18.1 Å². The zero-order chi connectivity index (χ0) is 11.3. The van der Waals surface area contributed by atoms with Crippen LogP contribution in [0.3, 0.4) is 0 Å². The van der Waals surface area contributed by atoms with Gasteiger partial charge in [0.1, 0.15) is 0 Å². The van der Waals surface area contributed by atoms with Crippen molar-refractivity contribution in [3.05, 3.63) is 0 Å². The van der Waals surface area contributed by atoms with Gasteiger partial charge in [0.2, 0.25) is 0 Å². The average Bonchev–Trinajstić information content (AvgIpc) is 2.63. The second-order valence-electron chi connectivity index (χ2n) is 5.07. The fourth-order valence-electron chi connectivity index (χ4n) is 2.21. The van der Waals surface area contributed by atoms with E-state index in [1.165, 1.54) is 12.8 Å². The zero-order valence-corrected chi connectivity index (χ0v) is 10.6. The molecule has 1 fully saturated rings. The summed E-state index contributed by atoms with van der Waals surface area (Å²) < 4.78 is 5.58. The monoisotopic (exact) mass is 214 g/mol. The molecule has 0 radical (unpaired) electrons. The van der Waals surface area contributed by atoms with Crippen molar-refractivity contribution >= 4 is 0 Å². The zero-order valence-electron chi connectivity index (χ0n) is 10.6. The molecule has 0 amide bonds. The summed E-state index contributed by atoms with van der Waals surface area (Å²) in [6.45, 7) is 7.58. The maximum atomic E-state index is 5.58. The maximum absolute atomic E-state index is 5.58. The van der Waals surface area contributed by atoms with Gasteiger partial charge in [-0.2, -0.15) is 0 Å². The summed E-state index contributed by atoms with van der Waals surface area (Å²) in [6, 6.07) is 0.617. The van der Waals surface area contributed by atoms with Crippen molar-refractivity contribution in [3.63, 3.8) is 0 Å². The van der Waals surface area contributed by atoms with Crippen LogP contribution in [0.4, 0.5) is 0 Å². The molecule has 1 aliphatic rings. The van der Waals surface area contributed by atoms with E-state index < -0.39 is 0 Å². The summed E-state index contributed by atoms with van der Waals surface area (Å²) in [5.41, 5.74) is 0. The third kappa shape index (κ3) is 4.49. The summed E-state index contributed by atoms with van der Waals surface area (Å²) in [5, 5.41) is 3.52. The molecule has 1 heterocycles. The van der Waals surface area contributed by atoms with E-state index in [1.54, 1.807) is 0 Å². The van der Waals surface area contributed by atoms with Gasteiger partial charge in [-0.3, -0.25) is 0 Å². The van der Waals surface area contributed by atoms with E-state index in [9.17, 15) is 0 Å². The van der Waals surface area contributed by atoms with Crippen LogP contribution in [0.5, 0.6) is 0 Å². The van der Waals surface area contributed by atoms with Gasteiger partial charge in [0, 0.05) is 25.7 Å². The van der Waals surface area contributed by atoms with Crippen molar-refractivity contribution in [2.45, 2.75) is 38.8 Å². The first kappa shape index (κ1) is 12.9. The van der Waals surface area contributed by atoms with E-state index >= 15 is 0 Å². The molecule has 2 unspecified atom stereocenters. The van der Waals surface area contributed by atoms with Gasteiger partial charge in [0.05, 0.1) is 6.10 Å². The Hall–Kier alpha value is -0.120. The molecular weight excluding hydrogens is 188 g/mol. The minimum absolute atomic E-state index is 0.458. The van der Waals surface area contributed by atoms with Crippen LogP contribution in [0.15, 0.2) is 0 Å². The second kappa shape index (κ2) is 6.46. The first-order valence-corrected chi connectivity index (χ1v) is 6.10. The van der Waals surface area contributed by atoms with E-state index in [1.807, 2.05) is 0 Å². The molecule has 3 heteroatoms. The van der Waals surface area contributed by atoms with Crippen molar-refractivity contribution < 1.29 is 4.74 Å². The van der Waals surface area contributed by atoms with E-state index in [4.69, 9.17) is 4.74 Å². The maximum Gasteiger partial charge on any atom is 0.0700 e.